The molecule has 0 aliphatic heterocycles. The highest BCUT2D eigenvalue weighted by Crippen LogP contribution is 1.67. The molecule has 1 nitrogen and oxygen atoms in total. The molecule has 0 aromatic heterocycles. The molecule has 2 heteroatoms. The second kappa shape index (κ2) is 4.63. The van der Waals surface area contributed by atoms with Crippen molar-refractivity contribution in [3.63, 3.8) is 0 Å². The summed E-state index contributed by atoms with van der Waals surface area (Å²) in [5, 5.41) is 0. The molecule has 0 aromatic rings. The van der Waals surface area contributed by atoms with E-state index >= 15 is 0 Å². The Labute approximate surface area is 36.6 Å². The minimum absolute atomic E-state index is 0.406. The SMILES string of the molecule is NC/C=C\CF. The molecule has 2 N–H and O–H groups in total. The van der Waals surface area contributed by atoms with Crippen LogP contribution in [0.5, 0.6) is 0 Å². The number of halogens is 1. The standard InChI is InChI=1S/C4H8FN/c5-3-1-2-4-6/h1-2H,3-4,6H2/b2-1-. The van der Waals surface area contributed by atoms with Gasteiger partial charge in [-0.1, -0.05) is 12.2 Å². The van der Waals surface area contributed by atoms with Crippen molar-refractivity contribution in [2.45, 2.75) is 0 Å². The lowest BCUT2D eigenvalue weighted by Gasteiger charge is -1.71. The quantitative estimate of drug-likeness (QED) is 0.489. The fourth-order valence-electron chi connectivity index (χ4n) is 0.159. The number of rotatable bonds is 2. The van der Waals surface area contributed by atoms with E-state index < -0.39 is 6.67 Å². The van der Waals surface area contributed by atoms with Crippen molar-refractivity contribution in [1.82, 2.24) is 0 Å². The van der Waals surface area contributed by atoms with E-state index in [0.29, 0.717) is 6.54 Å². The molecule has 0 aliphatic rings. The number of nitrogens with two attached hydrogens (primary N) is 1. The van der Waals surface area contributed by atoms with Gasteiger partial charge in [0, 0.05) is 6.54 Å². The molecule has 0 spiro atoms. The maximum Gasteiger partial charge on any atom is 0.108 e. The van der Waals surface area contributed by atoms with E-state index in [1.807, 2.05) is 0 Å². The van der Waals surface area contributed by atoms with Gasteiger partial charge in [-0.05, 0) is 0 Å². The second-order valence-corrected chi connectivity index (χ2v) is 0.861. The summed E-state index contributed by atoms with van der Waals surface area (Å²) in [7, 11) is 0. The van der Waals surface area contributed by atoms with E-state index in [2.05, 4.69) is 0 Å². The van der Waals surface area contributed by atoms with E-state index in [-0.39, 0.29) is 0 Å². The van der Waals surface area contributed by atoms with Gasteiger partial charge in [0.2, 0.25) is 0 Å². The highest BCUT2D eigenvalue weighted by Gasteiger charge is 1.62. The summed E-state index contributed by atoms with van der Waals surface area (Å²) in [5.41, 5.74) is 4.96. The van der Waals surface area contributed by atoms with Crippen LogP contribution in [0.3, 0.4) is 0 Å². The summed E-state index contributed by atoms with van der Waals surface area (Å²) in [6, 6.07) is 0. The van der Waals surface area contributed by atoms with Crippen molar-refractivity contribution in [2.24, 2.45) is 5.73 Å². The third kappa shape index (κ3) is 3.63. The van der Waals surface area contributed by atoms with E-state index in [1.165, 1.54) is 6.08 Å². The van der Waals surface area contributed by atoms with Gasteiger partial charge in [0.1, 0.15) is 6.67 Å². The molecule has 0 aliphatic carbocycles. The molecule has 0 heterocycles. The highest BCUT2D eigenvalue weighted by molar-refractivity contribution is 4.81. The Hall–Kier alpha value is -0.370. The molecule has 0 saturated heterocycles. The Morgan fingerprint density at radius 3 is 2.33 bits per heavy atom. The van der Waals surface area contributed by atoms with Gasteiger partial charge < -0.3 is 5.73 Å². The molecule has 36 valence electrons. The summed E-state index contributed by atoms with van der Waals surface area (Å²) in [6.07, 6.45) is 2.97. The topological polar surface area (TPSA) is 26.0 Å². The fourth-order valence-corrected chi connectivity index (χ4v) is 0.159. The smallest absolute Gasteiger partial charge is 0.108 e. The number of hydrogen-bond donors (Lipinski definition) is 1. The molecular weight excluding hydrogens is 81.0 g/mol. The number of hydrogen-bond acceptors (Lipinski definition) is 1. The van der Waals surface area contributed by atoms with Crippen LogP contribution in [-0.2, 0) is 0 Å². The van der Waals surface area contributed by atoms with Crippen LogP contribution in [0.4, 0.5) is 4.39 Å². The van der Waals surface area contributed by atoms with E-state index in [0.717, 1.165) is 0 Å². The first-order chi connectivity index (χ1) is 2.91. The van der Waals surface area contributed by atoms with Gasteiger partial charge in [0.15, 0.2) is 0 Å². The first kappa shape index (κ1) is 5.63. The molecule has 0 aromatic carbocycles. The van der Waals surface area contributed by atoms with Crippen LogP contribution < -0.4 is 5.73 Å². The largest absolute Gasteiger partial charge is 0.327 e. The molecule has 0 fully saturated rings. The predicted octanol–water partition coefficient (Wildman–Crippen LogP) is 0.471. The lowest BCUT2D eigenvalue weighted by molar-refractivity contribution is 0.561. The summed E-state index contributed by atoms with van der Waals surface area (Å²) in [4.78, 5) is 0. The minimum atomic E-state index is -0.406. The van der Waals surface area contributed by atoms with E-state index in [1.54, 1.807) is 6.08 Å². The predicted molar refractivity (Wildman–Crippen MR) is 24.2 cm³/mol. The molecule has 0 amide bonds. The average Bonchev–Trinajstić information content (AvgIpc) is 1.61. The summed E-state index contributed by atoms with van der Waals surface area (Å²) in [6.45, 7) is 0.0289. The Morgan fingerprint density at radius 2 is 2.17 bits per heavy atom. The maximum absolute atomic E-state index is 11.0. The zero-order valence-corrected chi connectivity index (χ0v) is 3.52. The van der Waals surface area contributed by atoms with Crippen LogP contribution in [-0.4, -0.2) is 13.2 Å². The maximum atomic E-state index is 11.0. The molecular formula is C4H8FN. The first-order valence-corrected chi connectivity index (χ1v) is 1.83. The van der Waals surface area contributed by atoms with Crippen LogP contribution in [0.2, 0.25) is 0 Å². The van der Waals surface area contributed by atoms with Crippen molar-refractivity contribution in [3.05, 3.63) is 12.2 Å². The Balaban J connectivity index is 2.73. The zero-order valence-electron chi connectivity index (χ0n) is 3.52. The van der Waals surface area contributed by atoms with Gasteiger partial charge >= 0.3 is 0 Å². The lowest BCUT2D eigenvalue weighted by Crippen LogP contribution is -1.91. The van der Waals surface area contributed by atoms with Crippen molar-refractivity contribution in [2.75, 3.05) is 13.2 Å². The van der Waals surface area contributed by atoms with E-state index in [4.69, 9.17) is 5.73 Å². The lowest BCUT2D eigenvalue weighted by atomic mass is 10.5. The summed E-state index contributed by atoms with van der Waals surface area (Å²) < 4.78 is 11.0. The second-order valence-electron chi connectivity index (χ2n) is 0.861. The van der Waals surface area contributed by atoms with Crippen molar-refractivity contribution >= 4 is 0 Å². The van der Waals surface area contributed by atoms with E-state index in [9.17, 15) is 4.39 Å². The Morgan fingerprint density at radius 1 is 1.50 bits per heavy atom. The summed E-state index contributed by atoms with van der Waals surface area (Å²) >= 11 is 0. The molecule has 0 unspecified atom stereocenters. The normalized spacial score (nSPS) is 10.3. The summed E-state index contributed by atoms with van der Waals surface area (Å²) in [5.74, 6) is 0. The van der Waals surface area contributed by atoms with Gasteiger partial charge in [-0.15, -0.1) is 0 Å². The average molecular weight is 89.1 g/mol. The molecule has 0 rings (SSSR count). The van der Waals surface area contributed by atoms with Crippen LogP contribution in [0, 0.1) is 0 Å². The van der Waals surface area contributed by atoms with Gasteiger partial charge in [-0.2, -0.15) is 0 Å². The minimum Gasteiger partial charge on any atom is -0.327 e. The number of alkyl halides is 1. The van der Waals surface area contributed by atoms with Crippen LogP contribution in [0.15, 0.2) is 12.2 Å². The monoisotopic (exact) mass is 89.1 g/mol. The van der Waals surface area contributed by atoms with Gasteiger partial charge in [-0.3, -0.25) is 0 Å². The molecule has 0 saturated carbocycles. The first-order valence-electron chi connectivity index (χ1n) is 1.83. The van der Waals surface area contributed by atoms with Crippen molar-refractivity contribution in [3.8, 4) is 0 Å². The van der Waals surface area contributed by atoms with Crippen LogP contribution in [0.25, 0.3) is 0 Å². The van der Waals surface area contributed by atoms with Gasteiger partial charge in [0.05, 0.1) is 0 Å². The Kier molecular flexibility index (Phi) is 4.34. The molecule has 0 bridgehead atoms. The van der Waals surface area contributed by atoms with Crippen molar-refractivity contribution in [1.29, 1.82) is 0 Å². The van der Waals surface area contributed by atoms with Crippen molar-refractivity contribution < 1.29 is 4.39 Å². The number of allylic oxidation sites excluding steroid dienone is 1. The third-order valence-corrected chi connectivity index (χ3v) is 0.392. The van der Waals surface area contributed by atoms with Crippen LogP contribution in [0.1, 0.15) is 0 Å². The molecule has 0 radical (unpaired) electrons. The Bertz CT molecular complexity index is 36.8. The fraction of sp³-hybridized carbons (Fsp3) is 0.500. The van der Waals surface area contributed by atoms with Gasteiger partial charge in [0.25, 0.3) is 0 Å². The van der Waals surface area contributed by atoms with Crippen LogP contribution >= 0.6 is 0 Å². The molecule has 6 heavy (non-hydrogen) atoms. The zero-order chi connectivity index (χ0) is 4.83. The highest BCUT2D eigenvalue weighted by atomic mass is 19.1. The van der Waals surface area contributed by atoms with Gasteiger partial charge in [-0.25, -0.2) is 4.39 Å². The third-order valence-electron chi connectivity index (χ3n) is 0.392. The molecule has 0 atom stereocenters.